The second-order valence-electron chi connectivity index (χ2n) is 5.63. The number of nitrogens with one attached hydrogen (secondary N) is 1. The molecule has 0 saturated heterocycles. The van der Waals surface area contributed by atoms with E-state index in [1.54, 1.807) is 12.1 Å². The second-order valence-corrected chi connectivity index (χ2v) is 5.63. The van der Waals surface area contributed by atoms with Crippen molar-refractivity contribution in [3.8, 4) is 0 Å². The van der Waals surface area contributed by atoms with Crippen molar-refractivity contribution in [2.45, 2.75) is 24.7 Å². The van der Waals surface area contributed by atoms with Gasteiger partial charge in [0.2, 0.25) is 5.60 Å². The number of nitrogens with zero attached hydrogens (tertiary/aromatic N) is 2. The van der Waals surface area contributed by atoms with Gasteiger partial charge in [0.1, 0.15) is 5.82 Å². The third kappa shape index (κ3) is 3.99. The normalized spacial score (nSPS) is 14.2. The molecule has 4 N–H and O–H groups in total. The molecule has 0 bridgehead atoms. The summed E-state index contributed by atoms with van der Waals surface area (Å²) in [6, 6.07) is 6.39. The van der Waals surface area contributed by atoms with Gasteiger partial charge in [0, 0.05) is 44.5 Å². The average molecular weight is 356 g/mol. The number of rotatable bonds is 6. The average Bonchev–Trinajstić information content (AvgIpc) is 3.00. The van der Waals surface area contributed by atoms with Crippen LogP contribution in [0.4, 0.5) is 13.2 Å². The molecule has 0 aliphatic rings. The van der Waals surface area contributed by atoms with Crippen LogP contribution in [0.3, 0.4) is 0 Å². The van der Waals surface area contributed by atoms with Crippen molar-refractivity contribution in [2.24, 2.45) is 12.8 Å². The van der Waals surface area contributed by atoms with Crippen LogP contribution in [0.25, 0.3) is 0 Å². The molecule has 0 saturated carbocycles. The minimum atomic E-state index is -4.93. The third-order valence-corrected chi connectivity index (χ3v) is 3.88. The Morgan fingerprint density at radius 3 is 2.44 bits per heavy atom. The van der Waals surface area contributed by atoms with Gasteiger partial charge in [0.15, 0.2) is 0 Å². The summed E-state index contributed by atoms with van der Waals surface area (Å²) in [5.74, 6) is -1.06. The molecule has 1 amide bonds. The van der Waals surface area contributed by atoms with Gasteiger partial charge in [-0.05, 0) is 17.7 Å². The number of hydrogen-bond donors (Lipinski definition) is 3. The standard InChI is InChI=1S/C16H19F3N4O2/c1-23-9-8-22-14(23)15(25,16(17,18)19)6-7-21-13(24)12-4-2-11(10-20)3-5-12/h2-5,8-9,25H,6-7,10,20H2,1H3,(H,21,24). The van der Waals surface area contributed by atoms with Gasteiger partial charge in [0.05, 0.1) is 0 Å². The van der Waals surface area contributed by atoms with E-state index in [1.165, 1.54) is 31.6 Å². The summed E-state index contributed by atoms with van der Waals surface area (Å²) >= 11 is 0. The van der Waals surface area contributed by atoms with Crippen LogP contribution in [0.15, 0.2) is 36.7 Å². The topological polar surface area (TPSA) is 93.2 Å². The van der Waals surface area contributed by atoms with E-state index in [4.69, 9.17) is 5.73 Å². The van der Waals surface area contributed by atoms with E-state index >= 15 is 0 Å². The maximum atomic E-state index is 13.4. The summed E-state index contributed by atoms with van der Waals surface area (Å²) in [6.45, 7) is -0.0511. The van der Waals surface area contributed by atoms with Crippen LogP contribution in [-0.4, -0.2) is 33.3 Å². The third-order valence-electron chi connectivity index (χ3n) is 3.88. The number of imidazole rings is 1. The van der Waals surface area contributed by atoms with Gasteiger partial charge in [-0.2, -0.15) is 13.2 Å². The van der Waals surface area contributed by atoms with Crippen molar-refractivity contribution in [3.05, 3.63) is 53.6 Å². The molecule has 1 unspecified atom stereocenters. The first kappa shape index (κ1) is 18.9. The molecule has 0 fully saturated rings. The number of hydrogen-bond acceptors (Lipinski definition) is 4. The van der Waals surface area contributed by atoms with E-state index in [0.717, 1.165) is 10.1 Å². The number of aliphatic hydroxyl groups is 1. The molecule has 9 heteroatoms. The van der Waals surface area contributed by atoms with Gasteiger partial charge in [-0.1, -0.05) is 12.1 Å². The zero-order valence-corrected chi connectivity index (χ0v) is 13.5. The van der Waals surface area contributed by atoms with Crippen molar-refractivity contribution in [2.75, 3.05) is 6.54 Å². The molecule has 2 aromatic rings. The maximum Gasteiger partial charge on any atom is 0.424 e. The molecule has 0 aliphatic carbocycles. The Morgan fingerprint density at radius 2 is 1.96 bits per heavy atom. The number of carbonyl (C=O) groups excluding carboxylic acids is 1. The second kappa shape index (κ2) is 7.24. The van der Waals surface area contributed by atoms with Gasteiger partial charge in [-0.25, -0.2) is 4.98 Å². The van der Waals surface area contributed by atoms with E-state index < -0.39 is 29.9 Å². The molecule has 6 nitrogen and oxygen atoms in total. The first-order valence-electron chi connectivity index (χ1n) is 7.53. The summed E-state index contributed by atoms with van der Waals surface area (Å²) in [6.07, 6.45) is -3.21. The number of benzene rings is 1. The Labute approximate surface area is 142 Å². The minimum absolute atomic E-state index is 0.296. The molecular weight excluding hydrogens is 337 g/mol. The molecule has 1 atom stereocenters. The number of alkyl halides is 3. The lowest BCUT2D eigenvalue weighted by molar-refractivity contribution is -0.272. The van der Waals surface area contributed by atoms with Crippen molar-refractivity contribution in [3.63, 3.8) is 0 Å². The zero-order valence-electron chi connectivity index (χ0n) is 13.5. The lowest BCUT2D eigenvalue weighted by Crippen LogP contribution is -2.46. The summed E-state index contributed by atoms with van der Waals surface area (Å²) in [4.78, 5) is 15.6. The number of halogens is 3. The van der Waals surface area contributed by atoms with Crippen LogP contribution in [0.2, 0.25) is 0 Å². The van der Waals surface area contributed by atoms with Crippen LogP contribution in [-0.2, 0) is 19.2 Å². The minimum Gasteiger partial charge on any atom is -0.374 e. The van der Waals surface area contributed by atoms with Crippen molar-refractivity contribution < 1.29 is 23.1 Å². The summed E-state index contributed by atoms with van der Waals surface area (Å²) in [7, 11) is 1.36. The van der Waals surface area contributed by atoms with Crippen molar-refractivity contribution in [1.82, 2.24) is 14.9 Å². The lowest BCUT2D eigenvalue weighted by Gasteiger charge is -2.30. The Balaban J connectivity index is 2.06. The molecule has 25 heavy (non-hydrogen) atoms. The summed E-state index contributed by atoms with van der Waals surface area (Å²) < 4.78 is 41.1. The van der Waals surface area contributed by atoms with Crippen LogP contribution in [0.1, 0.15) is 28.2 Å². The smallest absolute Gasteiger partial charge is 0.374 e. The van der Waals surface area contributed by atoms with Gasteiger partial charge < -0.3 is 20.7 Å². The number of nitrogens with two attached hydrogens (primary N) is 1. The van der Waals surface area contributed by atoms with Crippen LogP contribution in [0, 0.1) is 0 Å². The molecule has 0 spiro atoms. The Morgan fingerprint density at radius 1 is 1.32 bits per heavy atom. The Hall–Kier alpha value is -2.39. The molecule has 136 valence electrons. The molecule has 1 heterocycles. The van der Waals surface area contributed by atoms with E-state index in [-0.39, 0.29) is 6.54 Å². The van der Waals surface area contributed by atoms with Crippen LogP contribution in [0.5, 0.6) is 0 Å². The predicted octanol–water partition coefficient (Wildman–Crippen LogP) is 1.45. The highest BCUT2D eigenvalue weighted by molar-refractivity contribution is 5.94. The fraction of sp³-hybridized carbons (Fsp3) is 0.375. The quantitative estimate of drug-likeness (QED) is 0.730. The van der Waals surface area contributed by atoms with Crippen molar-refractivity contribution in [1.29, 1.82) is 0 Å². The monoisotopic (exact) mass is 356 g/mol. The first-order valence-corrected chi connectivity index (χ1v) is 7.53. The largest absolute Gasteiger partial charge is 0.424 e. The molecule has 1 aromatic heterocycles. The molecule has 0 radical (unpaired) electrons. The first-order chi connectivity index (χ1) is 11.7. The van der Waals surface area contributed by atoms with E-state index in [0.29, 0.717) is 12.1 Å². The van der Waals surface area contributed by atoms with Gasteiger partial charge in [-0.15, -0.1) is 0 Å². The molecule has 2 rings (SSSR count). The molecule has 0 aliphatic heterocycles. The Kier molecular flexibility index (Phi) is 5.48. The SMILES string of the molecule is Cn1ccnc1C(O)(CCNC(=O)c1ccc(CN)cc1)C(F)(F)F. The van der Waals surface area contributed by atoms with Gasteiger partial charge >= 0.3 is 6.18 Å². The van der Waals surface area contributed by atoms with E-state index in [2.05, 4.69) is 10.3 Å². The number of aryl methyl sites for hydroxylation is 1. The number of aromatic nitrogens is 2. The van der Waals surface area contributed by atoms with E-state index in [1.807, 2.05) is 0 Å². The number of amides is 1. The zero-order chi connectivity index (χ0) is 18.7. The Bertz CT molecular complexity index is 728. The van der Waals surface area contributed by atoms with Gasteiger partial charge in [-0.3, -0.25) is 4.79 Å². The summed E-state index contributed by atoms with van der Waals surface area (Å²) in [5, 5.41) is 12.5. The molecule has 1 aromatic carbocycles. The van der Waals surface area contributed by atoms with Crippen molar-refractivity contribution >= 4 is 5.91 Å². The molecular formula is C16H19F3N4O2. The predicted molar refractivity (Wildman–Crippen MR) is 84.4 cm³/mol. The fourth-order valence-corrected chi connectivity index (χ4v) is 2.40. The van der Waals surface area contributed by atoms with E-state index in [9.17, 15) is 23.1 Å². The lowest BCUT2D eigenvalue weighted by atomic mass is 9.97. The maximum absolute atomic E-state index is 13.4. The number of carbonyl (C=O) groups is 1. The van der Waals surface area contributed by atoms with Gasteiger partial charge in [0.25, 0.3) is 5.91 Å². The highest BCUT2D eigenvalue weighted by atomic mass is 19.4. The fourth-order valence-electron chi connectivity index (χ4n) is 2.40. The highest BCUT2D eigenvalue weighted by Crippen LogP contribution is 2.40. The van der Waals surface area contributed by atoms with Crippen LogP contribution < -0.4 is 11.1 Å². The summed E-state index contributed by atoms with van der Waals surface area (Å²) in [5.41, 5.74) is 3.44. The van der Waals surface area contributed by atoms with Crippen LogP contribution >= 0.6 is 0 Å². The highest BCUT2D eigenvalue weighted by Gasteiger charge is 2.57.